The molecule has 0 saturated heterocycles. The van der Waals surface area contributed by atoms with Crippen molar-refractivity contribution in [2.75, 3.05) is 22.9 Å². The molecule has 8 aromatic carbocycles. The number of hydrogen-bond donors (Lipinski definition) is 4. The van der Waals surface area contributed by atoms with Crippen molar-refractivity contribution in [2.24, 2.45) is 9.98 Å². The number of benzene rings is 8. The number of anilines is 4. The highest BCUT2D eigenvalue weighted by Gasteiger charge is 2.26. The van der Waals surface area contributed by atoms with Crippen LogP contribution >= 0.6 is 0 Å². The summed E-state index contributed by atoms with van der Waals surface area (Å²) >= 11 is 0. The summed E-state index contributed by atoms with van der Waals surface area (Å²) in [5, 5.41) is 0.721. The minimum atomic E-state index is -0.644. The molecule has 4 N–H and O–H groups in total. The molecule has 0 aliphatic carbocycles. The molecule has 109 heavy (non-hydrogen) atoms. The van der Waals surface area contributed by atoms with Crippen molar-refractivity contribution in [1.82, 2.24) is 59.0 Å². The van der Waals surface area contributed by atoms with Gasteiger partial charge in [-0.15, -0.1) is 0 Å². The third-order valence-electron chi connectivity index (χ3n) is 19.6. The lowest BCUT2D eigenvalue weighted by Crippen LogP contribution is -2.42. The number of fused-ring (bicyclic) bond motifs is 8. The topological polar surface area (TPSA) is 284 Å². The molecule has 0 unspecified atom stereocenters. The zero-order chi connectivity index (χ0) is 76.6. The van der Waals surface area contributed by atoms with E-state index in [2.05, 4.69) is 224 Å². The van der Waals surface area contributed by atoms with Gasteiger partial charge in [-0.3, -0.25) is 29.1 Å². The van der Waals surface area contributed by atoms with Gasteiger partial charge in [0, 0.05) is 26.2 Å². The Morgan fingerprint density at radius 3 is 1.20 bits per heavy atom. The van der Waals surface area contributed by atoms with E-state index in [1.54, 1.807) is 0 Å². The van der Waals surface area contributed by atoms with Crippen LogP contribution in [0, 0.1) is 55.4 Å². The zero-order valence-electron chi connectivity index (χ0n) is 62.6. The first kappa shape index (κ1) is 74.3. The summed E-state index contributed by atoms with van der Waals surface area (Å²) in [6.45, 7) is 26.7. The number of aryl methyl sites for hydroxylation is 14. The number of H-pyrrole nitrogens is 4. The molecule has 0 fully saturated rings. The van der Waals surface area contributed by atoms with Crippen molar-refractivity contribution in [3.63, 3.8) is 0 Å². The van der Waals surface area contributed by atoms with Gasteiger partial charge in [0.2, 0.25) is 0 Å². The highest BCUT2D eigenvalue weighted by molar-refractivity contribution is 5.83. The minimum absolute atomic E-state index is 0.200. The van der Waals surface area contributed by atoms with Crippen molar-refractivity contribution >= 4 is 69.6 Å². The summed E-state index contributed by atoms with van der Waals surface area (Å²) in [6.07, 6.45) is 8.51. The molecule has 0 atom stereocenters. The maximum absolute atomic E-state index is 12.4. The zero-order valence-corrected chi connectivity index (χ0v) is 62.6. The first-order valence-electron chi connectivity index (χ1n) is 36.7. The van der Waals surface area contributed by atoms with E-state index in [1.807, 2.05) is 93.1 Å². The van der Waals surface area contributed by atoms with Gasteiger partial charge in [0.15, 0.2) is 45.4 Å². The van der Waals surface area contributed by atoms with Crippen LogP contribution in [-0.2, 0) is 38.8 Å². The van der Waals surface area contributed by atoms with Gasteiger partial charge in [0.25, 0.3) is 22.2 Å². The Labute approximate surface area is 628 Å². The van der Waals surface area contributed by atoms with Crippen molar-refractivity contribution < 1.29 is 0 Å². The van der Waals surface area contributed by atoms with E-state index in [-0.39, 0.29) is 22.5 Å². The van der Waals surface area contributed by atoms with Crippen molar-refractivity contribution in [1.29, 1.82) is 0 Å². The van der Waals surface area contributed by atoms with Crippen LogP contribution in [-0.4, -0.2) is 72.1 Å². The van der Waals surface area contributed by atoms with E-state index in [4.69, 9.17) is 0 Å². The molecule has 22 nitrogen and oxygen atoms in total. The monoisotopic (exact) mass is 1450 g/mol. The van der Waals surface area contributed by atoms with E-state index >= 15 is 0 Å². The van der Waals surface area contributed by atoms with Crippen molar-refractivity contribution in [3.05, 3.63) is 321 Å². The third kappa shape index (κ3) is 17.3. The Hall–Kier alpha value is -13.0. The van der Waals surface area contributed by atoms with Crippen LogP contribution in [0.15, 0.2) is 209 Å². The molecule has 0 spiro atoms. The summed E-state index contributed by atoms with van der Waals surface area (Å²) in [5.41, 5.74) is 19.5. The second-order valence-corrected chi connectivity index (χ2v) is 28.1. The predicted octanol–water partition coefficient (Wildman–Crippen LogP) is 11.7. The van der Waals surface area contributed by atoms with Gasteiger partial charge in [0.1, 0.15) is 11.0 Å². The summed E-state index contributed by atoms with van der Waals surface area (Å²) < 4.78 is 3.91. The van der Waals surface area contributed by atoms with Gasteiger partial charge in [0.05, 0.1) is 44.8 Å². The van der Waals surface area contributed by atoms with Crippen LogP contribution < -0.4 is 65.1 Å². The lowest BCUT2D eigenvalue weighted by molar-refractivity contribution is 0.648. The van der Waals surface area contributed by atoms with Crippen LogP contribution in [0.4, 0.5) is 34.4 Å². The molecular weight excluding hydrogens is 1370 g/mol. The molecule has 22 heteroatoms. The lowest BCUT2D eigenvalue weighted by Gasteiger charge is -2.28. The van der Waals surface area contributed by atoms with Crippen LogP contribution in [0.25, 0.3) is 58.3 Å². The summed E-state index contributed by atoms with van der Waals surface area (Å²) in [4.78, 5) is 122. The fourth-order valence-electron chi connectivity index (χ4n) is 13.8. The molecule has 6 aliphatic rings. The predicted molar refractivity (Wildman–Crippen MR) is 432 cm³/mol. The van der Waals surface area contributed by atoms with Crippen LogP contribution in [0.1, 0.15) is 98.9 Å². The molecule has 0 radical (unpaired) electrons. The van der Waals surface area contributed by atoms with Gasteiger partial charge in [-0.05, 0) is 217 Å². The average Bonchev–Trinajstić information content (AvgIpc) is 0.762. The van der Waals surface area contributed by atoms with Crippen molar-refractivity contribution in [3.8, 4) is 23.0 Å². The average molecular weight is 1450 g/mol. The standard InChI is InChI=1S/2C22H22N4O2.C22H22N4O.C21H20N4O/c1-13-6-4-7-16(10-13)8-5-9-26-18-12-15(3)14(2)11-17(18)23-19-20(26)24-22(28)25-21(19)27;1-13-6-8-16(9-7-13)5-4-10-26-18-12-15(3)14(2)11-17(18)23-19-20(26)24-22(28)25-21(19)27;1-15-11-12-19-18(14-15)25-20-21(23-16(2)24-22(20)27)26(19)13-7-6-10-17-8-4-3-5-9-17;1-14-10-11-18-17(13-14)24-19-20(22-15(2)23-21(19)26)25(18)12-6-9-16-7-4-3-5-8-16/h4,6-7,10-12H,5,8-9H2,1-3H3,(H,25,27,28);6-9,11-12H,4-5,10H2,1-3H3,(H,25,27,28);3-5,8-9,11-12,14H,2,6-7,10,13H2,1H3,(H,24,27);3-5,7-8,10-11,13H,2,6,9,12H2,1H3,(H,23,26). The first-order chi connectivity index (χ1) is 52.6. The number of nitrogens with zero attached hydrogens (tertiary/aromatic N) is 12. The quantitative estimate of drug-likeness (QED) is 0.0487. The second kappa shape index (κ2) is 32.8. The normalized spacial score (nSPS) is 11.8. The molecule has 6 aliphatic heterocycles. The van der Waals surface area contributed by atoms with E-state index in [9.17, 15) is 28.8 Å². The van der Waals surface area contributed by atoms with E-state index in [0.717, 1.165) is 149 Å². The molecule has 0 saturated carbocycles. The number of rotatable bonds is 17. The fraction of sp³-hybridized carbons (Fsp3) is 0.241. The van der Waals surface area contributed by atoms with Crippen LogP contribution in [0.5, 0.6) is 0 Å². The Balaban J connectivity index is 0.000000128. The molecule has 8 heterocycles. The molecule has 550 valence electrons. The molecule has 10 aromatic rings. The largest absolute Gasteiger partial charge is 0.349 e. The van der Waals surface area contributed by atoms with E-state index < -0.39 is 22.5 Å². The molecule has 0 amide bonds. The van der Waals surface area contributed by atoms with Gasteiger partial charge >= 0.3 is 11.4 Å². The van der Waals surface area contributed by atoms with Gasteiger partial charge in [-0.1, -0.05) is 146 Å². The van der Waals surface area contributed by atoms with Gasteiger partial charge in [-0.25, -0.2) is 39.5 Å². The maximum Gasteiger partial charge on any atom is 0.349 e. The number of aromatic nitrogens is 12. The maximum atomic E-state index is 12.4. The summed E-state index contributed by atoms with van der Waals surface area (Å²) in [6, 6.07) is 58.1. The Morgan fingerprint density at radius 1 is 0.339 bits per heavy atom. The van der Waals surface area contributed by atoms with Crippen molar-refractivity contribution in [2.45, 2.75) is 126 Å². The third-order valence-corrected chi connectivity index (χ3v) is 19.6. The van der Waals surface area contributed by atoms with Crippen LogP contribution in [0.3, 0.4) is 0 Å². The number of aromatic amines is 4. The number of hydrogen-bond acceptors (Lipinski definition) is 16. The highest BCUT2D eigenvalue weighted by atomic mass is 16.2. The second-order valence-electron chi connectivity index (χ2n) is 28.1. The number of nitrogens with one attached hydrogen (secondary N) is 4. The summed E-state index contributed by atoms with van der Waals surface area (Å²) in [5.74, 6) is 1.87. The Bertz CT molecular complexity index is 6310. The molecular formula is C87H86N16O6. The Kier molecular flexibility index (Phi) is 22.4. The van der Waals surface area contributed by atoms with E-state index in [1.165, 1.54) is 33.4 Å². The molecule has 0 bridgehead atoms. The first-order valence-corrected chi connectivity index (χ1v) is 36.7. The molecule has 16 rings (SSSR count). The minimum Gasteiger partial charge on any atom is -0.322 e. The smallest absolute Gasteiger partial charge is 0.322 e. The highest BCUT2D eigenvalue weighted by Crippen LogP contribution is 2.37. The number of unbranched alkanes of at least 4 members (excludes halogenated alkanes) is 1. The lowest BCUT2D eigenvalue weighted by atomic mass is 10.1. The van der Waals surface area contributed by atoms with Gasteiger partial charge < -0.3 is 28.9 Å². The van der Waals surface area contributed by atoms with E-state index in [0.29, 0.717) is 58.0 Å². The van der Waals surface area contributed by atoms with Gasteiger partial charge in [-0.2, -0.15) is 9.97 Å². The SMILES string of the molecule is C=c1nc2c(c(=O)[nH]1)=Nc1cc(C)ccc1N2CCCCc1ccccc1.C=c1nc2c(c(=O)[nH]1)=Nc1cc(C)ccc1N2CCCc1ccccc1.Cc1ccc(CCCn2c3nc(=O)[nH]c(=O)c-3nc3cc(C)c(C)cc32)cc1.Cc1cccc(CCCn2c3nc(=O)[nH]c(=O)c-3nc3cc(C)c(C)cc32)c1. The molecule has 2 aromatic heterocycles. The Morgan fingerprint density at radius 2 is 0.734 bits per heavy atom. The van der Waals surface area contributed by atoms with Crippen LogP contribution in [0.2, 0.25) is 0 Å². The summed E-state index contributed by atoms with van der Waals surface area (Å²) in [7, 11) is 0. The fourth-order valence-corrected chi connectivity index (χ4v) is 13.8.